The number of methoxy groups -OCH3 is 1. The second-order valence-electron chi connectivity index (χ2n) is 27.9. The van der Waals surface area contributed by atoms with Gasteiger partial charge in [0, 0.05) is 61.9 Å². The number of rotatable bonds is 25. The van der Waals surface area contributed by atoms with E-state index in [1.54, 1.807) is 38.1 Å². The average molecular weight is 1540 g/mol. The van der Waals surface area contributed by atoms with Gasteiger partial charge in [0.1, 0.15) is 42.4 Å². The number of hydrogen-bond acceptors (Lipinski definition) is 24. The summed E-state index contributed by atoms with van der Waals surface area (Å²) < 4.78 is 34.6. The van der Waals surface area contributed by atoms with Crippen molar-refractivity contribution >= 4 is 91.5 Å². The molecule has 4 fully saturated rings. The van der Waals surface area contributed by atoms with Crippen LogP contribution in [0, 0.1) is 4.77 Å². The van der Waals surface area contributed by atoms with Crippen LogP contribution in [0.2, 0.25) is 0 Å². The summed E-state index contributed by atoms with van der Waals surface area (Å²) >= 11 is 7.90. The van der Waals surface area contributed by atoms with E-state index < -0.39 is 148 Å². The van der Waals surface area contributed by atoms with Crippen molar-refractivity contribution in [2.75, 3.05) is 106 Å². The van der Waals surface area contributed by atoms with Gasteiger partial charge in [-0.25, -0.2) is 9.59 Å². The number of carbonyl (C=O) groups is 1. The molecule has 4 aromatic heterocycles. The first-order chi connectivity index (χ1) is 45.4. The summed E-state index contributed by atoms with van der Waals surface area (Å²) in [5, 5.41) is 81.0. The molecule has 13 N–H and O–H groups in total. The Bertz CT molecular complexity index is 3880. The fourth-order valence-electron chi connectivity index (χ4n) is 11.1. The molecule has 0 unspecified atom stereocenters. The number of H-pyrrole nitrogens is 3. The Balaban J connectivity index is 0.000000236. The van der Waals surface area contributed by atoms with Crippen molar-refractivity contribution < 1.29 is 64.2 Å². The molecule has 0 amide bonds. The number of Topliss-reactive ketones (excluding diaryl/α,β-unsaturated/α-hetero) is 1. The van der Waals surface area contributed by atoms with Crippen molar-refractivity contribution in [3.63, 3.8) is 0 Å². The third-order valence-electron chi connectivity index (χ3n) is 16.4. The molecule has 36 heteroatoms. The second-order valence-corrected chi connectivity index (χ2v) is 46.3. The summed E-state index contributed by atoms with van der Waals surface area (Å²) in [5.74, 6) is -0.198. The molecule has 0 bridgehead atoms. The summed E-state index contributed by atoms with van der Waals surface area (Å²) in [5.41, 5.74) is -1.60. The number of aromatic nitrogens is 8. The SMILES string of the molecule is C=P(C)(C)CC[C@H]1O[C@@H](n2cc(CC(C)=O)c(=O)[nH]c2=O)[C@H](OC)[C@@H]1O.C=P(C)(C)CC[C@H]1O[C@@H](n2cc(CNC)c(=O)[nH]c2=O)[C@H](O)[C@@H]1O.C=P(C)(C)CC[C@H]1O[C@@H](n2cc(CNC)c(=O)[nH]c2=S)[C@H](O)[C@@H]1O.C=P(C)(C)CC[C@H]1O[C@@H](n2cc(CNC)c(=O)nc2[Se])[C@H](O)[C@@H]1O. The normalized spacial score (nSPS) is 27.2. The van der Waals surface area contributed by atoms with Crippen LogP contribution in [-0.4, -0.2) is 300 Å². The molecule has 4 aliphatic rings. The molecule has 16 atom stereocenters. The van der Waals surface area contributed by atoms with E-state index in [1.165, 1.54) is 35.6 Å². The van der Waals surface area contributed by atoms with Crippen LogP contribution >= 0.6 is 39.8 Å². The number of hydrogen-bond donors (Lipinski definition) is 13. The van der Waals surface area contributed by atoms with Gasteiger partial charge in [-0.3, -0.25) is 47.8 Å². The summed E-state index contributed by atoms with van der Waals surface area (Å²) in [7, 11) is 6.58. The Morgan fingerprint density at radius 3 is 1.22 bits per heavy atom. The summed E-state index contributed by atoms with van der Waals surface area (Å²) in [6, 6.07) is 0. The number of ketones is 1. The summed E-state index contributed by atoms with van der Waals surface area (Å²) in [4.78, 5) is 94.0. The third kappa shape index (κ3) is 23.8. The van der Waals surface area contributed by atoms with Crippen molar-refractivity contribution in [3.8, 4) is 0 Å². The third-order valence-corrected chi connectivity index (χ3v) is 23.2. The molecule has 0 saturated carbocycles. The topological polar surface area (TPSA) is 423 Å². The maximum atomic E-state index is 12.3. The van der Waals surface area contributed by atoms with Gasteiger partial charge in [-0.15, -0.1) is 39.6 Å². The van der Waals surface area contributed by atoms with Gasteiger partial charge in [0.15, 0.2) is 23.5 Å². The predicted octanol–water partition coefficient (Wildman–Crippen LogP) is -2.17. The van der Waals surface area contributed by atoms with Crippen molar-refractivity contribution in [2.24, 2.45) is 0 Å². The fraction of sp³-hybridized carbons (Fsp3) is 0.661. The Hall–Kier alpha value is -3.87. The zero-order valence-electron chi connectivity index (χ0n) is 58.2. The average Bonchev–Trinajstić information content (AvgIpc) is 1.34. The second kappa shape index (κ2) is 36.5. The Kier molecular flexibility index (Phi) is 31.6. The molecule has 8 rings (SSSR count). The first-order valence-corrected chi connectivity index (χ1v) is 45.3. The maximum absolute atomic E-state index is 12.3. The van der Waals surface area contributed by atoms with E-state index in [9.17, 15) is 69.3 Å². The molecule has 0 aliphatic carbocycles. The van der Waals surface area contributed by atoms with Crippen molar-refractivity contribution in [1.82, 2.24) is 54.2 Å². The minimum absolute atomic E-state index is 0.0911. The molecular weight excluding hydrogens is 1440 g/mol. The Morgan fingerprint density at radius 1 is 0.520 bits per heavy atom. The van der Waals surface area contributed by atoms with Gasteiger partial charge < -0.3 is 55.1 Å². The van der Waals surface area contributed by atoms with Gasteiger partial charge in [0.05, 0.1) is 18.3 Å². The molecular formula is C62H104N11O19P4SSe. The molecule has 0 aromatic carbocycles. The fourth-order valence-corrected chi connectivity index (χ4v) is 15.7. The number of nitrogens with zero attached hydrogens (tertiary/aromatic N) is 5. The van der Waals surface area contributed by atoms with Crippen LogP contribution in [0.4, 0.5) is 0 Å². The van der Waals surface area contributed by atoms with Gasteiger partial charge >= 0.3 is 161 Å². The van der Waals surface area contributed by atoms with E-state index >= 15 is 0 Å². The van der Waals surface area contributed by atoms with Gasteiger partial charge in [0.25, 0.3) is 16.7 Å². The molecule has 30 nitrogen and oxygen atoms in total. The van der Waals surface area contributed by atoms with Crippen LogP contribution in [0.3, 0.4) is 0 Å². The number of nitrogens with one attached hydrogen (secondary N) is 6. The van der Waals surface area contributed by atoms with E-state index in [0.717, 1.165) is 29.2 Å². The molecule has 98 heavy (non-hydrogen) atoms. The number of aliphatic hydroxyl groups excluding tert-OH is 7. The minimum atomic E-state index is -1.29. The van der Waals surface area contributed by atoms with Crippen LogP contribution in [0.5, 0.6) is 0 Å². The van der Waals surface area contributed by atoms with Gasteiger partial charge in [-0.05, 0) is 111 Å². The number of aliphatic hydroxyl groups is 7. The Morgan fingerprint density at radius 2 is 0.837 bits per heavy atom. The molecule has 1 radical (unpaired) electrons. The monoisotopic (exact) mass is 1540 g/mol. The molecule has 4 saturated heterocycles. The number of carbonyl (C=O) groups excluding carboxylic acids is 1. The molecule has 8 heterocycles. The van der Waals surface area contributed by atoms with Crippen LogP contribution in [0.15, 0.2) is 53.6 Å². The van der Waals surface area contributed by atoms with E-state index in [0.29, 0.717) is 60.2 Å². The predicted molar refractivity (Wildman–Crippen MR) is 395 cm³/mol. The zero-order chi connectivity index (χ0) is 73.9. The van der Waals surface area contributed by atoms with Crippen molar-refractivity contribution in [2.45, 2.75) is 157 Å². The molecule has 4 aliphatic heterocycles. The van der Waals surface area contributed by atoms with Crippen LogP contribution in [0.1, 0.15) is 79.8 Å². The van der Waals surface area contributed by atoms with E-state index in [-0.39, 0.29) is 40.2 Å². The van der Waals surface area contributed by atoms with Crippen LogP contribution < -0.4 is 54.3 Å². The van der Waals surface area contributed by atoms with Crippen LogP contribution in [0.25, 0.3) is 0 Å². The molecule has 0 spiro atoms. The first-order valence-electron chi connectivity index (χ1n) is 31.8. The molecule has 553 valence electrons. The summed E-state index contributed by atoms with van der Waals surface area (Å²) in [6.45, 7) is 14.1. The van der Waals surface area contributed by atoms with Crippen molar-refractivity contribution in [1.29, 1.82) is 0 Å². The van der Waals surface area contributed by atoms with Crippen LogP contribution in [-0.2, 0) is 54.5 Å². The number of aromatic amines is 3. The Labute approximate surface area is 584 Å². The first kappa shape index (κ1) is 84.8. The molecule has 4 aromatic rings. The van der Waals surface area contributed by atoms with Gasteiger partial charge in [-0.1, -0.05) is 0 Å². The van der Waals surface area contributed by atoms with Gasteiger partial charge in [0.2, 0.25) is 0 Å². The van der Waals surface area contributed by atoms with Crippen molar-refractivity contribution in [3.05, 3.63) is 114 Å². The quantitative estimate of drug-likeness (QED) is 0.0191. The number of ether oxygens (including phenoxy) is 5. The van der Waals surface area contributed by atoms with E-state index in [1.807, 2.05) is 0 Å². The summed E-state index contributed by atoms with van der Waals surface area (Å²) in [6.07, 6.45) is 14.4. The van der Waals surface area contributed by atoms with Gasteiger partial charge in [-0.2, -0.15) is 0 Å². The van der Waals surface area contributed by atoms with E-state index in [4.69, 9.17) is 35.9 Å². The standard InChI is InChI=1S/C17H27N2O6P.C15H26N3O5P.C15H26N3O4PS.C15H25N3O4PSe/c1-10(20)8-11-9-19(17(23)18-15(11)22)16-14(24-2)13(21)12(25-16)6-7-26(3,4)5;1-16-7-9-8-18(15(22)17-13(9)21)14-12(20)11(19)10(23-14)5-6-24(2,3)4;2*1-16-7-9-8-18(15(24)17-13(9)21)14-12(20)11(19)10(22-14)5-6-23(2,3)4/h9,12-14,16,21H,3,6-8H2,1-2,4-5H3,(H,18,22,23);8,10-12,14,16,19-20H,2,5-7H2,1,3-4H3,(H,17,21,22);8,10-12,14,16,19-20H,2,5-7H2,1,3-4H3,(H,17,21,24);8,10-12,14,16,19-20H,2,5-7H2,1,3-4H3/t12-,13-,14-,16-;3*10-,11-,12-,14-/m1111/s1. The van der Waals surface area contributed by atoms with E-state index in [2.05, 4.69) is 130 Å². The zero-order valence-corrected chi connectivity index (χ0v) is 64.3.